The monoisotopic (exact) mass is 179 g/mol. The normalized spacial score (nSPS) is 10.3. The number of aliphatic hydroxyl groups is 1. The first-order valence-corrected chi connectivity index (χ1v) is 4.85. The van der Waals surface area contributed by atoms with E-state index in [1.54, 1.807) is 0 Å². The van der Waals surface area contributed by atoms with Crippen molar-refractivity contribution in [1.82, 2.24) is 4.98 Å². The van der Waals surface area contributed by atoms with Crippen molar-refractivity contribution in [1.29, 1.82) is 0 Å². The molecule has 0 amide bonds. The molecule has 1 aromatic heterocycles. The van der Waals surface area contributed by atoms with Crippen LogP contribution in [0.1, 0.15) is 30.5 Å². The number of hydrogen-bond acceptors (Lipinski definition) is 2. The Labute approximate surface area is 79.6 Å². The van der Waals surface area contributed by atoms with Gasteiger partial charge in [0.05, 0.1) is 0 Å². The predicted molar refractivity (Wildman–Crippen MR) is 53.6 cm³/mol. The van der Waals surface area contributed by atoms with Crippen molar-refractivity contribution < 1.29 is 5.11 Å². The lowest BCUT2D eigenvalue weighted by molar-refractivity contribution is 0.283. The first-order chi connectivity index (χ1) is 6.33. The lowest BCUT2D eigenvalue weighted by Crippen LogP contribution is -1.90. The van der Waals surface area contributed by atoms with E-state index in [1.165, 1.54) is 5.56 Å². The van der Waals surface area contributed by atoms with E-state index >= 15 is 0 Å². The standard InChI is InChI=1S/C11H17NO/c1-10-6-7-11(9-12-10)5-3-2-4-8-13/h6-7,9,13H,2-5,8H2,1H3. The van der Waals surface area contributed by atoms with Gasteiger partial charge in [0.2, 0.25) is 0 Å². The molecule has 72 valence electrons. The second kappa shape index (κ2) is 5.70. The van der Waals surface area contributed by atoms with Crippen molar-refractivity contribution >= 4 is 0 Å². The topological polar surface area (TPSA) is 33.1 Å². The lowest BCUT2D eigenvalue weighted by atomic mass is 10.1. The molecule has 1 rings (SSSR count). The Hall–Kier alpha value is -0.890. The van der Waals surface area contributed by atoms with Gasteiger partial charge in [-0.2, -0.15) is 0 Å². The first-order valence-electron chi connectivity index (χ1n) is 4.85. The number of aryl methyl sites for hydroxylation is 2. The summed E-state index contributed by atoms with van der Waals surface area (Å²) in [5.41, 5.74) is 2.36. The molecule has 0 unspecified atom stereocenters. The molecule has 13 heavy (non-hydrogen) atoms. The maximum absolute atomic E-state index is 8.59. The molecule has 0 saturated heterocycles. The molecule has 1 aromatic rings. The van der Waals surface area contributed by atoms with E-state index in [0.29, 0.717) is 6.61 Å². The van der Waals surface area contributed by atoms with Gasteiger partial charge in [-0.1, -0.05) is 12.5 Å². The number of aromatic nitrogens is 1. The molecule has 0 aliphatic carbocycles. The summed E-state index contributed by atoms with van der Waals surface area (Å²) in [4.78, 5) is 4.23. The second-order valence-electron chi connectivity index (χ2n) is 3.34. The molecule has 1 N–H and O–H groups in total. The van der Waals surface area contributed by atoms with E-state index in [-0.39, 0.29) is 0 Å². The Morgan fingerprint density at radius 2 is 2.08 bits per heavy atom. The Morgan fingerprint density at radius 3 is 2.69 bits per heavy atom. The smallest absolute Gasteiger partial charge is 0.0431 e. The molecule has 2 nitrogen and oxygen atoms in total. The maximum Gasteiger partial charge on any atom is 0.0431 e. The number of nitrogens with zero attached hydrogens (tertiary/aromatic N) is 1. The summed E-state index contributed by atoms with van der Waals surface area (Å²) in [7, 11) is 0. The van der Waals surface area contributed by atoms with Gasteiger partial charge in [-0.3, -0.25) is 4.98 Å². The maximum atomic E-state index is 8.59. The third-order valence-electron chi connectivity index (χ3n) is 2.10. The fourth-order valence-electron chi connectivity index (χ4n) is 1.26. The molecule has 0 aromatic carbocycles. The Kier molecular flexibility index (Phi) is 4.47. The zero-order chi connectivity index (χ0) is 9.52. The zero-order valence-electron chi connectivity index (χ0n) is 8.16. The molecular formula is C11H17NO. The first kappa shape index (κ1) is 10.2. The molecule has 1 heterocycles. The van der Waals surface area contributed by atoms with Crippen molar-refractivity contribution in [2.24, 2.45) is 0 Å². The highest BCUT2D eigenvalue weighted by molar-refractivity contribution is 5.12. The van der Waals surface area contributed by atoms with E-state index in [4.69, 9.17) is 5.11 Å². The van der Waals surface area contributed by atoms with Crippen LogP contribution in [0.25, 0.3) is 0 Å². The average Bonchev–Trinajstić information content (AvgIpc) is 2.15. The molecule has 0 aliphatic rings. The third kappa shape index (κ3) is 4.04. The van der Waals surface area contributed by atoms with Gasteiger partial charge in [0.1, 0.15) is 0 Å². The minimum absolute atomic E-state index is 0.312. The molecule has 0 bridgehead atoms. The SMILES string of the molecule is Cc1ccc(CCCCCO)cn1. The van der Waals surface area contributed by atoms with Crippen molar-refractivity contribution in [3.8, 4) is 0 Å². The third-order valence-corrected chi connectivity index (χ3v) is 2.10. The van der Waals surface area contributed by atoms with Crippen LogP contribution in [0, 0.1) is 6.92 Å². The van der Waals surface area contributed by atoms with Crippen molar-refractivity contribution in [3.05, 3.63) is 29.6 Å². The molecule has 0 aliphatic heterocycles. The van der Waals surface area contributed by atoms with Gasteiger partial charge in [-0.05, 0) is 37.8 Å². The van der Waals surface area contributed by atoms with Crippen LogP contribution in [0.3, 0.4) is 0 Å². The second-order valence-corrected chi connectivity index (χ2v) is 3.34. The van der Waals surface area contributed by atoms with Crippen LogP contribution < -0.4 is 0 Å². The summed E-state index contributed by atoms with van der Waals surface area (Å²) in [5.74, 6) is 0. The highest BCUT2D eigenvalue weighted by Gasteiger charge is 1.93. The van der Waals surface area contributed by atoms with Crippen LogP contribution in [-0.2, 0) is 6.42 Å². The summed E-state index contributed by atoms with van der Waals surface area (Å²) in [6, 6.07) is 4.17. The van der Waals surface area contributed by atoms with E-state index in [2.05, 4.69) is 11.1 Å². The van der Waals surface area contributed by atoms with Crippen molar-refractivity contribution in [2.75, 3.05) is 6.61 Å². The molecule has 2 heteroatoms. The van der Waals surface area contributed by atoms with Gasteiger partial charge < -0.3 is 5.11 Å². The Balaban J connectivity index is 2.25. The van der Waals surface area contributed by atoms with Crippen LogP contribution >= 0.6 is 0 Å². The quantitative estimate of drug-likeness (QED) is 0.702. The van der Waals surface area contributed by atoms with E-state index < -0.39 is 0 Å². The minimum atomic E-state index is 0.312. The van der Waals surface area contributed by atoms with Crippen LogP contribution in [0.5, 0.6) is 0 Å². The number of rotatable bonds is 5. The van der Waals surface area contributed by atoms with Gasteiger partial charge >= 0.3 is 0 Å². The highest BCUT2D eigenvalue weighted by Crippen LogP contribution is 2.05. The summed E-state index contributed by atoms with van der Waals surface area (Å²) in [5, 5.41) is 8.59. The van der Waals surface area contributed by atoms with Crippen LogP contribution in [0.15, 0.2) is 18.3 Å². The minimum Gasteiger partial charge on any atom is -0.396 e. The van der Waals surface area contributed by atoms with Crippen LogP contribution in [0.4, 0.5) is 0 Å². The van der Waals surface area contributed by atoms with Gasteiger partial charge in [-0.25, -0.2) is 0 Å². The molecule has 0 radical (unpaired) electrons. The summed E-state index contributed by atoms with van der Waals surface area (Å²) in [6.45, 7) is 2.31. The fourth-order valence-corrected chi connectivity index (χ4v) is 1.26. The van der Waals surface area contributed by atoms with Gasteiger partial charge in [0, 0.05) is 18.5 Å². The Morgan fingerprint density at radius 1 is 1.23 bits per heavy atom. The fraction of sp³-hybridized carbons (Fsp3) is 0.545. The number of hydrogen-bond donors (Lipinski definition) is 1. The molecule has 0 fully saturated rings. The number of pyridine rings is 1. The summed E-state index contributed by atoms with van der Waals surface area (Å²) >= 11 is 0. The van der Waals surface area contributed by atoms with Gasteiger partial charge in [-0.15, -0.1) is 0 Å². The van der Waals surface area contributed by atoms with Crippen molar-refractivity contribution in [3.63, 3.8) is 0 Å². The van der Waals surface area contributed by atoms with Crippen molar-refractivity contribution in [2.45, 2.75) is 32.6 Å². The molecule has 0 spiro atoms. The molecule has 0 saturated carbocycles. The predicted octanol–water partition coefficient (Wildman–Crippen LogP) is 2.10. The van der Waals surface area contributed by atoms with E-state index in [0.717, 1.165) is 31.4 Å². The number of aliphatic hydroxyl groups excluding tert-OH is 1. The molecule has 0 atom stereocenters. The Bertz CT molecular complexity index is 230. The molecular weight excluding hydrogens is 162 g/mol. The van der Waals surface area contributed by atoms with Gasteiger partial charge in [0.25, 0.3) is 0 Å². The largest absolute Gasteiger partial charge is 0.396 e. The lowest BCUT2D eigenvalue weighted by Gasteiger charge is -2.00. The van der Waals surface area contributed by atoms with E-state index in [9.17, 15) is 0 Å². The number of unbranched alkanes of at least 4 members (excludes halogenated alkanes) is 2. The van der Waals surface area contributed by atoms with Crippen LogP contribution in [-0.4, -0.2) is 16.7 Å². The highest BCUT2D eigenvalue weighted by atomic mass is 16.2. The van der Waals surface area contributed by atoms with Crippen LogP contribution in [0.2, 0.25) is 0 Å². The summed E-state index contributed by atoms with van der Waals surface area (Å²) in [6.07, 6.45) is 6.18. The zero-order valence-corrected chi connectivity index (χ0v) is 8.16. The van der Waals surface area contributed by atoms with E-state index in [1.807, 2.05) is 19.2 Å². The average molecular weight is 179 g/mol. The van der Waals surface area contributed by atoms with Gasteiger partial charge in [0.15, 0.2) is 0 Å². The summed E-state index contributed by atoms with van der Waals surface area (Å²) < 4.78 is 0.